The summed E-state index contributed by atoms with van der Waals surface area (Å²) in [6.45, 7) is -0.333. The molecule has 0 bridgehead atoms. The van der Waals surface area contributed by atoms with Gasteiger partial charge in [0.05, 0.1) is 32.8 Å². The molecule has 9 nitrogen and oxygen atoms in total. The molecule has 0 fully saturated rings. The second-order valence-electron chi connectivity index (χ2n) is 6.97. The molecular formula is C21H15Cl2N3O6S. The van der Waals surface area contributed by atoms with E-state index in [0.29, 0.717) is 5.02 Å². The summed E-state index contributed by atoms with van der Waals surface area (Å²) in [4.78, 5) is 23.4. The average Bonchev–Trinajstić information content (AvgIpc) is 2.79. The minimum Gasteiger partial charge on any atom is -0.476 e. The summed E-state index contributed by atoms with van der Waals surface area (Å²) in [6, 6.07) is 15.6. The highest BCUT2D eigenvalue weighted by molar-refractivity contribution is 7.92. The van der Waals surface area contributed by atoms with Gasteiger partial charge in [-0.1, -0.05) is 35.3 Å². The number of carbonyl (C=O) groups is 1. The topological polar surface area (TPSA) is 119 Å². The molecule has 0 aliphatic carbocycles. The maximum atomic E-state index is 13.4. The normalized spacial score (nSPS) is 15.3. The Balaban J connectivity index is 1.67. The van der Waals surface area contributed by atoms with Gasteiger partial charge in [-0.25, -0.2) is 8.42 Å². The van der Waals surface area contributed by atoms with E-state index in [0.717, 1.165) is 10.4 Å². The summed E-state index contributed by atoms with van der Waals surface area (Å²) in [5.74, 6) is -0.533. The third kappa shape index (κ3) is 4.58. The monoisotopic (exact) mass is 507 g/mol. The lowest BCUT2D eigenvalue weighted by atomic mass is 10.2. The lowest BCUT2D eigenvalue weighted by molar-refractivity contribution is -0.384. The zero-order valence-corrected chi connectivity index (χ0v) is 19.0. The summed E-state index contributed by atoms with van der Waals surface area (Å²) in [5, 5.41) is 14.0. The standard InChI is InChI=1S/C21H15Cl2N3O6S/c22-13-5-8-15(9-6-13)33(30,31)25-12-20(32-19-4-2-1-3-18(19)25)21(27)24-17-11-14(26(28)29)7-10-16(17)23/h1-11,20H,12H2,(H,24,27)/t20-/m1/s1. The first-order valence-corrected chi connectivity index (χ1v) is 11.7. The van der Waals surface area contributed by atoms with Crippen molar-refractivity contribution in [2.75, 3.05) is 16.2 Å². The number of hydrogen-bond acceptors (Lipinski definition) is 6. The first-order valence-electron chi connectivity index (χ1n) is 9.45. The van der Waals surface area contributed by atoms with E-state index in [1.165, 1.54) is 36.4 Å². The fraction of sp³-hybridized carbons (Fsp3) is 0.0952. The number of ether oxygens (including phenoxy) is 1. The van der Waals surface area contributed by atoms with Crippen molar-refractivity contribution < 1.29 is 22.9 Å². The highest BCUT2D eigenvalue weighted by Crippen LogP contribution is 2.37. The van der Waals surface area contributed by atoms with Crippen LogP contribution in [0.5, 0.6) is 5.75 Å². The maximum absolute atomic E-state index is 13.4. The van der Waals surface area contributed by atoms with E-state index in [4.69, 9.17) is 27.9 Å². The summed E-state index contributed by atoms with van der Waals surface area (Å²) >= 11 is 11.9. The Bertz CT molecular complexity index is 1350. The number of halogens is 2. The Morgan fingerprint density at radius 2 is 1.79 bits per heavy atom. The highest BCUT2D eigenvalue weighted by Gasteiger charge is 2.37. The molecule has 0 radical (unpaired) electrons. The van der Waals surface area contributed by atoms with Crippen molar-refractivity contribution >= 4 is 56.2 Å². The Hall–Kier alpha value is -3.34. The fourth-order valence-corrected chi connectivity index (χ4v) is 5.00. The first kappa shape index (κ1) is 22.8. The molecule has 12 heteroatoms. The molecule has 0 spiro atoms. The fourth-order valence-electron chi connectivity index (χ4n) is 3.24. The number of benzene rings is 3. The largest absolute Gasteiger partial charge is 0.476 e. The number of fused-ring (bicyclic) bond motifs is 1. The van der Waals surface area contributed by atoms with Crippen LogP contribution in [-0.4, -0.2) is 31.9 Å². The van der Waals surface area contributed by atoms with Crippen LogP contribution in [-0.2, 0) is 14.8 Å². The number of nitrogens with one attached hydrogen (secondary N) is 1. The predicted octanol–water partition coefficient (Wildman–Crippen LogP) is 4.50. The number of carbonyl (C=O) groups excluding carboxylic acids is 1. The van der Waals surface area contributed by atoms with Gasteiger partial charge in [0.15, 0.2) is 6.10 Å². The molecule has 1 heterocycles. The highest BCUT2D eigenvalue weighted by atomic mass is 35.5. The number of sulfonamides is 1. The van der Waals surface area contributed by atoms with E-state index >= 15 is 0 Å². The van der Waals surface area contributed by atoms with Crippen molar-refractivity contribution in [3.63, 3.8) is 0 Å². The molecular weight excluding hydrogens is 493 g/mol. The van der Waals surface area contributed by atoms with Crippen LogP contribution in [0.3, 0.4) is 0 Å². The maximum Gasteiger partial charge on any atom is 0.271 e. The molecule has 3 aromatic rings. The van der Waals surface area contributed by atoms with E-state index in [2.05, 4.69) is 5.32 Å². The van der Waals surface area contributed by atoms with Crippen LogP contribution in [0.4, 0.5) is 17.1 Å². The molecule has 0 aromatic heterocycles. The molecule has 0 unspecified atom stereocenters. The van der Waals surface area contributed by atoms with Gasteiger partial charge in [-0.05, 0) is 42.5 Å². The Morgan fingerprint density at radius 3 is 2.48 bits per heavy atom. The number of nitro groups is 1. The van der Waals surface area contributed by atoms with Crippen molar-refractivity contribution in [3.8, 4) is 5.75 Å². The number of nitro benzene ring substituents is 1. The predicted molar refractivity (Wildman–Crippen MR) is 124 cm³/mol. The Morgan fingerprint density at radius 1 is 1.09 bits per heavy atom. The number of hydrogen-bond donors (Lipinski definition) is 1. The van der Waals surface area contributed by atoms with Gasteiger partial charge in [0, 0.05) is 17.2 Å². The molecule has 33 heavy (non-hydrogen) atoms. The van der Waals surface area contributed by atoms with Crippen molar-refractivity contribution in [1.29, 1.82) is 0 Å². The number of anilines is 2. The number of para-hydroxylation sites is 2. The van der Waals surface area contributed by atoms with Gasteiger partial charge >= 0.3 is 0 Å². The van der Waals surface area contributed by atoms with Crippen molar-refractivity contribution in [3.05, 3.63) is 86.9 Å². The van der Waals surface area contributed by atoms with E-state index < -0.39 is 27.0 Å². The van der Waals surface area contributed by atoms with Gasteiger partial charge in [0.25, 0.3) is 21.6 Å². The van der Waals surface area contributed by atoms with Crippen LogP contribution in [0.1, 0.15) is 0 Å². The molecule has 0 saturated carbocycles. The molecule has 3 aromatic carbocycles. The molecule has 1 aliphatic rings. The van der Waals surface area contributed by atoms with Gasteiger partial charge in [-0.2, -0.15) is 0 Å². The average molecular weight is 508 g/mol. The van der Waals surface area contributed by atoms with Crippen molar-refractivity contribution in [2.24, 2.45) is 0 Å². The molecule has 1 N–H and O–H groups in total. The minimum absolute atomic E-state index is 0.00503. The van der Waals surface area contributed by atoms with Crippen LogP contribution in [0.15, 0.2) is 71.6 Å². The van der Waals surface area contributed by atoms with Crippen molar-refractivity contribution in [2.45, 2.75) is 11.0 Å². The molecule has 0 saturated heterocycles. The summed E-state index contributed by atoms with van der Waals surface area (Å²) < 4.78 is 33.5. The van der Waals surface area contributed by atoms with Gasteiger partial charge in [-0.3, -0.25) is 19.2 Å². The quantitative estimate of drug-likeness (QED) is 0.401. The summed E-state index contributed by atoms with van der Waals surface area (Å²) in [6.07, 6.45) is -1.25. The number of nitrogens with zero attached hydrogens (tertiary/aromatic N) is 2. The van der Waals surface area contributed by atoms with E-state index in [9.17, 15) is 23.3 Å². The number of rotatable bonds is 5. The zero-order chi connectivity index (χ0) is 23.8. The Kier molecular flexibility index (Phi) is 6.15. The lowest BCUT2D eigenvalue weighted by Crippen LogP contribution is -2.48. The van der Waals surface area contributed by atoms with Crippen LogP contribution in [0.25, 0.3) is 0 Å². The molecule has 1 aliphatic heterocycles. The zero-order valence-electron chi connectivity index (χ0n) is 16.6. The van der Waals surface area contributed by atoms with Crippen LogP contribution < -0.4 is 14.4 Å². The molecule has 1 amide bonds. The summed E-state index contributed by atoms with van der Waals surface area (Å²) in [7, 11) is -4.06. The first-order chi connectivity index (χ1) is 15.7. The van der Waals surface area contributed by atoms with Crippen LogP contribution in [0.2, 0.25) is 10.0 Å². The SMILES string of the molecule is O=C(Nc1cc([N+](=O)[O-])ccc1Cl)[C@H]1CN(S(=O)(=O)c2ccc(Cl)cc2)c2ccccc2O1. The van der Waals surface area contributed by atoms with Crippen LogP contribution in [0, 0.1) is 10.1 Å². The van der Waals surface area contributed by atoms with E-state index in [1.54, 1.807) is 24.3 Å². The van der Waals surface area contributed by atoms with Gasteiger partial charge in [0.2, 0.25) is 0 Å². The number of amides is 1. The second kappa shape index (κ2) is 8.89. The molecule has 170 valence electrons. The van der Waals surface area contributed by atoms with Crippen molar-refractivity contribution in [1.82, 2.24) is 0 Å². The van der Waals surface area contributed by atoms with Crippen LogP contribution >= 0.6 is 23.2 Å². The van der Waals surface area contributed by atoms with E-state index in [-0.39, 0.29) is 39.3 Å². The third-order valence-electron chi connectivity index (χ3n) is 4.85. The van der Waals surface area contributed by atoms with Gasteiger partial charge in [0.1, 0.15) is 5.75 Å². The minimum atomic E-state index is -4.06. The number of non-ortho nitro benzene ring substituents is 1. The van der Waals surface area contributed by atoms with Gasteiger partial charge in [-0.15, -0.1) is 0 Å². The lowest BCUT2D eigenvalue weighted by Gasteiger charge is -2.34. The smallest absolute Gasteiger partial charge is 0.271 e. The third-order valence-corrected chi connectivity index (χ3v) is 7.22. The van der Waals surface area contributed by atoms with Gasteiger partial charge < -0.3 is 10.1 Å². The summed E-state index contributed by atoms with van der Waals surface area (Å²) in [5.41, 5.74) is 0.00636. The second-order valence-corrected chi connectivity index (χ2v) is 9.68. The molecule has 1 atom stereocenters. The van der Waals surface area contributed by atoms with E-state index in [1.807, 2.05) is 0 Å². The molecule has 4 rings (SSSR count). The Labute approximate surface area is 198 Å².